The third-order valence-electron chi connectivity index (χ3n) is 6.70. The maximum Gasteiger partial charge on any atom is 0.255 e. The predicted octanol–water partition coefficient (Wildman–Crippen LogP) is 4.60. The van der Waals surface area contributed by atoms with E-state index < -0.39 is 0 Å². The molecule has 5 rings (SSSR count). The van der Waals surface area contributed by atoms with Gasteiger partial charge in [0.15, 0.2) is 0 Å². The molecule has 2 aromatic rings. The molecule has 3 amide bonds. The van der Waals surface area contributed by atoms with Gasteiger partial charge in [0.05, 0.1) is 17.5 Å². The number of nitrogens with zero attached hydrogens (tertiary/aromatic N) is 1. The predicted molar refractivity (Wildman–Crippen MR) is 115 cm³/mol. The molecule has 2 bridgehead atoms. The molecule has 1 N–H and O–H groups in total. The van der Waals surface area contributed by atoms with E-state index in [4.69, 9.17) is 11.6 Å². The SMILES string of the molecule is CC1=CC2CC1C1C(=O)N(c3cccc(C(=O)Nc4cc(Cl)ccc4C)c3)C(=O)C21. The first-order valence-electron chi connectivity index (χ1n) is 10.1. The van der Waals surface area contributed by atoms with Crippen LogP contribution in [0.4, 0.5) is 11.4 Å². The van der Waals surface area contributed by atoms with Gasteiger partial charge in [0.25, 0.3) is 5.91 Å². The molecule has 152 valence electrons. The quantitative estimate of drug-likeness (QED) is 0.582. The van der Waals surface area contributed by atoms with Crippen LogP contribution in [0.15, 0.2) is 54.1 Å². The molecular formula is C24H21ClN2O3. The van der Waals surface area contributed by atoms with E-state index in [1.807, 2.05) is 19.9 Å². The second-order valence-corrected chi connectivity index (χ2v) is 8.88. The summed E-state index contributed by atoms with van der Waals surface area (Å²) in [7, 11) is 0. The third kappa shape index (κ3) is 2.80. The Hall–Kier alpha value is -2.92. The highest BCUT2D eigenvalue weighted by Crippen LogP contribution is 2.55. The van der Waals surface area contributed by atoms with E-state index in [1.165, 1.54) is 10.5 Å². The zero-order valence-corrected chi connectivity index (χ0v) is 17.4. The number of carbonyl (C=O) groups excluding carboxylic acids is 3. The maximum atomic E-state index is 13.2. The van der Waals surface area contributed by atoms with E-state index in [0.717, 1.165) is 12.0 Å². The van der Waals surface area contributed by atoms with E-state index in [0.29, 0.717) is 22.0 Å². The molecular weight excluding hydrogens is 400 g/mol. The monoisotopic (exact) mass is 420 g/mol. The van der Waals surface area contributed by atoms with Crippen molar-refractivity contribution in [1.29, 1.82) is 0 Å². The number of halogens is 1. The van der Waals surface area contributed by atoms with Gasteiger partial charge in [-0.25, -0.2) is 4.90 Å². The number of nitrogens with one attached hydrogen (secondary N) is 1. The van der Waals surface area contributed by atoms with Crippen LogP contribution in [-0.2, 0) is 9.59 Å². The molecule has 6 heteroatoms. The number of anilines is 2. The van der Waals surface area contributed by atoms with Gasteiger partial charge in [0.2, 0.25) is 11.8 Å². The first kappa shape index (κ1) is 19.1. The van der Waals surface area contributed by atoms with Crippen molar-refractivity contribution < 1.29 is 14.4 Å². The van der Waals surface area contributed by atoms with Crippen LogP contribution in [0.2, 0.25) is 5.02 Å². The number of allylic oxidation sites excluding steroid dienone is 2. The number of benzene rings is 2. The largest absolute Gasteiger partial charge is 0.322 e. The topological polar surface area (TPSA) is 66.5 Å². The number of fused-ring (bicyclic) bond motifs is 5. The van der Waals surface area contributed by atoms with E-state index in [-0.39, 0.29) is 41.4 Å². The van der Waals surface area contributed by atoms with Gasteiger partial charge in [-0.1, -0.05) is 35.4 Å². The molecule has 1 saturated carbocycles. The van der Waals surface area contributed by atoms with Crippen LogP contribution in [0.1, 0.15) is 29.3 Å². The van der Waals surface area contributed by atoms with Crippen LogP contribution >= 0.6 is 11.6 Å². The minimum Gasteiger partial charge on any atom is -0.322 e. The van der Waals surface area contributed by atoms with Crippen molar-refractivity contribution >= 4 is 40.7 Å². The zero-order chi connectivity index (χ0) is 21.2. The average Bonchev–Trinajstić information content (AvgIpc) is 3.35. The summed E-state index contributed by atoms with van der Waals surface area (Å²) < 4.78 is 0. The lowest BCUT2D eigenvalue weighted by Crippen LogP contribution is -2.33. The molecule has 4 atom stereocenters. The number of rotatable bonds is 3. The number of hydrogen-bond acceptors (Lipinski definition) is 3. The number of aryl methyl sites for hydroxylation is 1. The Morgan fingerprint density at radius 2 is 1.83 bits per heavy atom. The summed E-state index contributed by atoms with van der Waals surface area (Å²) in [6.07, 6.45) is 3.05. The van der Waals surface area contributed by atoms with Crippen molar-refractivity contribution in [2.24, 2.45) is 23.7 Å². The average molecular weight is 421 g/mol. The molecule has 2 aromatic carbocycles. The first-order valence-corrected chi connectivity index (χ1v) is 10.5. The van der Waals surface area contributed by atoms with Crippen LogP contribution in [0, 0.1) is 30.6 Å². The highest BCUT2D eigenvalue weighted by molar-refractivity contribution is 6.31. The van der Waals surface area contributed by atoms with Crippen LogP contribution in [-0.4, -0.2) is 17.7 Å². The summed E-state index contributed by atoms with van der Waals surface area (Å²) in [6, 6.07) is 12.0. The summed E-state index contributed by atoms with van der Waals surface area (Å²) in [4.78, 5) is 40.3. The molecule has 30 heavy (non-hydrogen) atoms. The molecule has 3 aliphatic rings. The molecule has 5 nitrogen and oxygen atoms in total. The Bertz CT molecular complexity index is 1140. The van der Waals surface area contributed by atoms with Gasteiger partial charge in [0.1, 0.15) is 0 Å². The molecule has 1 heterocycles. The van der Waals surface area contributed by atoms with Crippen molar-refractivity contribution in [3.63, 3.8) is 0 Å². The lowest BCUT2D eigenvalue weighted by molar-refractivity contribution is -0.123. The Kier molecular flexibility index (Phi) is 4.33. The maximum absolute atomic E-state index is 13.2. The fraction of sp³-hybridized carbons (Fsp3) is 0.292. The molecule has 1 aliphatic heterocycles. The van der Waals surface area contributed by atoms with Gasteiger partial charge < -0.3 is 5.32 Å². The van der Waals surface area contributed by atoms with Crippen molar-refractivity contribution in [3.05, 3.63) is 70.3 Å². The Morgan fingerprint density at radius 3 is 2.63 bits per heavy atom. The van der Waals surface area contributed by atoms with Gasteiger partial charge in [-0.3, -0.25) is 14.4 Å². The van der Waals surface area contributed by atoms with Crippen LogP contribution < -0.4 is 10.2 Å². The van der Waals surface area contributed by atoms with E-state index in [1.54, 1.807) is 36.4 Å². The van der Waals surface area contributed by atoms with Crippen LogP contribution in [0.25, 0.3) is 0 Å². The summed E-state index contributed by atoms with van der Waals surface area (Å²) in [5, 5.41) is 3.39. The normalized spacial score (nSPS) is 26.8. The van der Waals surface area contributed by atoms with Gasteiger partial charge in [0, 0.05) is 16.3 Å². The van der Waals surface area contributed by atoms with Crippen molar-refractivity contribution in [2.45, 2.75) is 20.3 Å². The Morgan fingerprint density at radius 1 is 1.07 bits per heavy atom. The Labute approximate surface area is 179 Å². The minimum atomic E-state index is -0.320. The van der Waals surface area contributed by atoms with Gasteiger partial charge in [-0.05, 0) is 68.0 Å². The zero-order valence-electron chi connectivity index (χ0n) is 16.7. The molecule has 2 fully saturated rings. The van der Waals surface area contributed by atoms with Gasteiger partial charge in [-0.2, -0.15) is 0 Å². The highest BCUT2D eigenvalue weighted by atomic mass is 35.5. The van der Waals surface area contributed by atoms with Crippen LogP contribution in [0.3, 0.4) is 0 Å². The van der Waals surface area contributed by atoms with Crippen LogP contribution in [0.5, 0.6) is 0 Å². The standard InChI is InChI=1S/C24H21ClN2O3/c1-12-6-7-16(25)11-19(12)26-22(28)14-4-3-5-17(9-14)27-23(29)20-15-8-13(2)18(10-15)21(20)24(27)30/h3-9,11,15,18,20-21H,10H2,1-2H3,(H,26,28). The third-order valence-corrected chi connectivity index (χ3v) is 6.93. The summed E-state index contributed by atoms with van der Waals surface area (Å²) in [5.74, 6) is -0.828. The molecule has 0 aromatic heterocycles. The fourth-order valence-electron chi connectivity index (χ4n) is 5.24. The lowest BCUT2D eigenvalue weighted by Gasteiger charge is -2.19. The highest BCUT2D eigenvalue weighted by Gasteiger charge is 2.60. The molecule has 4 unspecified atom stereocenters. The van der Waals surface area contributed by atoms with Crippen molar-refractivity contribution in [2.75, 3.05) is 10.2 Å². The van der Waals surface area contributed by atoms with Crippen molar-refractivity contribution in [1.82, 2.24) is 0 Å². The molecule has 0 radical (unpaired) electrons. The molecule has 0 spiro atoms. The summed E-state index contributed by atoms with van der Waals surface area (Å²) >= 11 is 6.04. The number of imide groups is 1. The number of carbonyl (C=O) groups is 3. The second kappa shape index (κ2) is 6.81. The van der Waals surface area contributed by atoms with E-state index in [2.05, 4.69) is 11.4 Å². The second-order valence-electron chi connectivity index (χ2n) is 8.44. The Balaban J connectivity index is 1.42. The summed E-state index contributed by atoms with van der Waals surface area (Å²) in [6.45, 7) is 3.93. The first-order chi connectivity index (χ1) is 14.3. The number of amides is 3. The molecule has 2 aliphatic carbocycles. The van der Waals surface area contributed by atoms with Gasteiger partial charge in [-0.15, -0.1) is 0 Å². The lowest BCUT2D eigenvalue weighted by atomic mass is 9.82. The molecule has 1 saturated heterocycles. The van der Waals surface area contributed by atoms with E-state index in [9.17, 15) is 14.4 Å². The number of hydrogen-bond donors (Lipinski definition) is 1. The fourth-order valence-corrected chi connectivity index (χ4v) is 5.41. The smallest absolute Gasteiger partial charge is 0.255 e. The summed E-state index contributed by atoms with van der Waals surface area (Å²) in [5.41, 5.74) is 3.56. The van der Waals surface area contributed by atoms with Gasteiger partial charge >= 0.3 is 0 Å². The minimum absolute atomic E-state index is 0.145. The van der Waals surface area contributed by atoms with E-state index >= 15 is 0 Å². The van der Waals surface area contributed by atoms with Crippen molar-refractivity contribution in [3.8, 4) is 0 Å².